The van der Waals surface area contributed by atoms with Crippen LogP contribution in [-0.2, 0) is 23.8 Å². The zero-order valence-corrected chi connectivity index (χ0v) is 45.4. The van der Waals surface area contributed by atoms with Crippen LogP contribution < -0.4 is 5.32 Å². The molecule has 0 aliphatic carbocycles. The lowest BCUT2D eigenvalue weighted by Gasteiger charge is -2.41. The van der Waals surface area contributed by atoms with Gasteiger partial charge in [0.05, 0.1) is 25.4 Å². The molecule has 1 aliphatic heterocycles. The van der Waals surface area contributed by atoms with Gasteiger partial charge in [0.15, 0.2) is 12.4 Å². The molecule has 0 bridgehead atoms. The minimum absolute atomic E-state index is 0.107. The molecule has 70 heavy (non-hydrogen) atoms. The third-order valence-corrected chi connectivity index (χ3v) is 14.1. The Morgan fingerprint density at radius 2 is 0.943 bits per heavy atom. The van der Waals surface area contributed by atoms with E-state index in [-0.39, 0.29) is 13.0 Å². The summed E-state index contributed by atoms with van der Waals surface area (Å²) in [5.74, 6) is -1.20. The first-order valence-corrected chi connectivity index (χ1v) is 29.6. The number of nitrogens with one attached hydrogen (secondary N) is 1. The minimum atomic E-state index is -1.61. The summed E-state index contributed by atoms with van der Waals surface area (Å²) in [4.78, 5) is 26.4. The molecule has 412 valence electrons. The largest absolute Gasteiger partial charge is 0.454 e. The number of carbonyl (C=O) groups excluding carboxylic acids is 2. The van der Waals surface area contributed by atoms with Crippen molar-refractivity contribution in [2.24, 2.45) is 0 Å². The van der Waals surface area contributed by atoms with Crippen molar-refractivity contribution in [1.82, 2.24) is 5.32 Å². The quantitative estimate of drug-likeness (QED) is 0.0195. The Hall–Kier alpha value is -1.86. The van der Waals surface area contributed by atoms with Crippen LogP contribution in [0.2, 0.25) is 0 Å². The van der Waals surface area contributed by atoms with Crippen LogP contribution in [0, 0.1) is 0 Å². The van der Waals surface area contributed by atoms with E-state index in [4.69, 9.17) is 14.2 Å². The van der Waals surface area contributed by atoms with Crippen molar-refractivity contribution in [3.63, 3.8) is 0 Å². The molecule has 11 nitrogen and oxygen atoms in total. The molecule has 0 spiro atoms. The molecule has 0 aromatic carbocycles. The van der Waals surface area contributed by atoms with Gasteiger partial charge in [-0.25, -0.2) is 0 Å². The van der Waals surface area contributed by atoms with E-state index in [0.717, 1.165) is 64.2 Å². The number of aliphatic hydroxyl groups is 5. The smallest absolute Gasteiger partial charge is 0.306 e. The van der Waals surface area contributed by atoms with Gasteiger partial charge in [-0.3, -0.25) is 9.59 Å². The van der Waals surface area contributed by atoms with Crippen molar-refractivity contribution in [3.8, 4) is 0 Å². The Bertz CT molecular complexity index is 1230. The fourth-order valence-corrected chi connectivity index (χ4v) is 9.35. The second-order valence-electron chi connectivity index (χ2n) is 20.7. The first-order chi connectivity index (χ1) is 34.2. The Kier molecular flexibility index (Phi) is 45.5. The second kappa shape index (κ2) is 48.1. The molecule has 0 saturated carbocycles. The van der Waals surface area contributed by atoms with Gasteiger partial charge in [0.1, 0.15) is 24.4 Å². The van der Waals surface area contributed by atoms with Gasteiger partial charge in [-0.05, 0) is 51.4 Å². The van der Waals surface area contributed by atoms with Gasteiger partial charge < -0.3 is 45.1 Å². The molecule has 1 aliphatic rings. The lowest BCUT2D eigenvalue weighted by Crippen LogP contribution is -2.61. The maximum Gasteiger partial charge on any atom is 0.306 e. The van der Waals surface area contributed by atoms with Crippen LogP contribution in [0.3, 0.4) is 0 Å². The maximum absolute atomic E-state index is 13.4. The van der Waals surface area contributed by atoms with E-state index in [0.29, 0.717) is 19.3 Å². The van der Waals surface area contributed by atoms with Crippen LogP contribution in [0.4, 0.5) is 0 Å². The molecule has 1 amide bonds. The summed E-state index contributed by atoms with van der Waals surface area (Å²) in [6, 6.07) is -1.02. The summed E-state index contributed by atoms with van der Waals surface area (Å²) in [5, 5.41) is 56.8. The number of hydrogen-bond donors (Lipinski definition) is 6. The Labute approximate surface area is 429 Å². The fourth-order valence-electron chi connectivity index (χ4n) is 9.35. The van der Waals surface area contributed by atoms with Crippen LogP contribution in [0.1, 0.15) is 278 Å². The summed E-state index contributed by atoms with van der Waals surface area (Å²) in [5.41, 5.74) is 0. The number of ether oxygens (including phenoxy) is 3. The highest BCUT2D eigenvalue weighted by atomic mass is 16.7. The number of amides is 1. The summed E-state index contributed by atoms with van der Waals surface area (Å²) >= 11 is 0. The standard InChI is InChI=1S/C59H111NO10/c1-4-7-10-13-16-19-22-25-28-31-34-37-40-43-46-52(63)58(67)60-50(51(62)45-42-39-36-33-30-27-24-21-18-15-12-9-6-3)49-68-59-57(56(66)55(65)53(48-61)69-59)70-54(64)47-44-41-38-35-32-29-26-23-20-17-14-11-8-5-2/h29,32,42,45,50-53,55-57,59,61-63,65-66H,4-28,30-31,33-41,43-44,46-49H2,1-3H3,(H,60,67)/b32-29-,45-42+. The van der Waals surface area contributed by atoms with E-state index in [1.807, 2.05) is 6.08 Å². The van der Waals surface area contributed by atoms with Crippen molar-refractivity contribution < 1.29 is 49.3 Å². The molecule has 8 atom stereocenters. The molecule has 0 radical (unpaired) electrons. The molecule has 1 heterocycles. The lowest BCUT2D eigenvalue weighted by atomic mass is 9.99. The van der Waals surface area contributed by atoms with Crippen LogP contribution in [-0.4, -0.2) is 99.6 Å². The average molecular weight is 995 g/mol. The predicted molar refractivity (Wildman–Crippen MR) is 288 cm³/mol. The van der Waals surface area contributed by atoms with Gasteiger partial charge in [-0.1, -0.05) is 244 Å². The Morgan fingerprint density at radius 3 is 1.39 bits per heavy atom. The van der Waals surface area contributed by atoms with Gasteiger partial charge in [0.25, 0.3) is 0 Å². The van der Waals surface area contributed by atoms with E-state index in [1.54, 1.807) is 6.08 Å². The molecule has 6 N–H and O–H groups in total. The van der Waals surface area contributed by atoms with Gasteiger partial charge in [-0.15, -0.1) is 0 Å². The van der Waals surface area contributed by atoms with Crippen molar-refractivity contribution in [2.75, 3.05) is 13.2 Å². The first kappa shape index (κ1) is 66.2. The van der Waals surface area contributed by atoms with Gasteiger partial charge in [0, 0.05) is 6.42 Å². The van der Waals surface area contributed by atoms with Crippen molar-refractivity contribution in [3.05, 3.63) is 24.3 Å². The van der Waals surface area contributed by atoms with Crippen molar-refractivity contribution in [1.29, 1.82) is 0 Å². The zero-order valence-electron chi connectivity index (χ0n) is 45.4. The highest BCUT2D eigenvalue weighted by Crippen LogP contribution is 2.26. The fraction of sp³-hybridized carbons (Fsp3) is 0.898. The predicted octanol–water partition coefficient (Wildman–Crippen LogP) is 13.3. The molecule has 1 rings (SSSR count). The second-order valence-corrected chi connectivity index (χ2v) is 20.7. The number of rotatable bonds is 50. The van der Waals surface area contributed by atoms with E-state index in [1.165, 1.54) is 167 Å². The van der Waals surface area contributed by atoms with Crippen molar-refractivity contribution in [2.45, 2.75) is 327 Å². The molecular formula is C59H111NO10. The monoisotopic (exact) mass is 994 g/mol. The van der Waals surface area contributed by atoms with Crippen LogP contribution >= 0.6 is 0 Å². The highest BCUT2D eigenvalue weighted by molar-refractivity contribution is 5.80. The normalized spacial score (nSPS) is 19.8. The average Bonchev–Trinajstić information content (AvgIpc) is 3.36. The molecule has 1 saturated heterocycles. The highest BCUT2D eigenvalue weighted by Gasteiger charge is 2.47. The minimum Gasteiger partial charge on any atom is -0.454 e. The number of carbonyl (C=O) groups is 2. The lowest BCUT2D eigenvalue weighted by molar-refractivity contribution is -0.305. The summed E-state index contributed by atoms with van der Waals surface area (Å²) in [6.07, 6.45) is 43.6. The number of unbranched alkanes of at least 4 members (excludes halogenated alkanes) is 34. The molecule has 8 unspecified atom stereocenters. The van der Waals surface area contributed by atoms with Crippen LogP contribution in [0.15, 0.2) is 24.3 Å². The third kappa shape index (κ3) is 36.1. The number of hydrogen-bond acceptors (Lipinski definition) is 10. The van der Waals surface area contributed by atoms with E-state index in [9.17, 15) is 35.1 Å². The molecule has 0 aromatic rings. The van der Waals surface area contributed by atoms with Gasteiger partial charge in [-0.2, -0.15) is 0 Å². The topological polar surface area (TPSA) is 175 Å². The maximum atomic E-state index is 13.4. The third-order valence-electron chi connectivity index (χ3n) is 14.1. The van der Waals surface area contributed by atoms with Crippen LogP contribution in [0.25, 0.3) is 0 Å². The number of aliphatic hydroxyl groups excluding tert-OH is 5. The number of allylic oxidation sites excluding steroid dienone is 3. The SMILES string of the molecule is CCCCCCCCC/C=C\CCCCCC(=O)OC1C(OCC(NC(=O)C(O)CCCCCCCCCCCCCCCC)C(O)/C=C/CCCCCCCCCCCCC)OC(CO)C(O)C1O. The van der Waals surface area contributed by atoms with E-state index < -0.39 is 67.4 Å². The van der Waals surface area contributed by atoms with Gasteiger partial charge in [0.2, 0.25) is 5.91 Å². The zero-order chi connectivity index (χ0) is 51.1. The van der Waals surface area contributed by atoms with E-state index >= 15 is 0 Å². The van der Waals surface area contributed by atoms with Crippen molar-refractivity contribution >= 4 is 11.9 Å². The molecule has 11 heteroatoms. The van der Waals surface area contributed by atoms with Gasteiger partial charge >= 0.3 is 5.97 Å². The summed E-state index contributed by atoms with van der Waals surface area (Å²) in [6.45, 7) is 5.79. The summed E-state index contributed by atoms with van der Waals surface area (Å²) < 4.78 is 17.6. The first-order valence-electron chi connectivity index (χ1n) is 29.6. The molecule has 0 aromatic heterocycles. The van der Waals surface area contributed by atoms with E-state index in [2.05, 4.69) is 38.2 Å². The molecule has 1 fully saturated rings. The Balaban J connectivity index is 2.73. The Morgan fingerprint density at radius 1 is 0.543 bits per heavy atom. The summed E-state index contributed by atoms with van der Waals surface area (Å²) in [7, 11) is 0. The van der Waals surface area contributed by atoms with Crippen LogP contribution in [0.5, 0.6) is 0 Å². The molecular weight excluding hydrogens is 883 g/mol. The number of esters is 1.